The quantitative estimate of drug-likeness (QED) is 0.754. The van der Waals surface area contributed by atoms with Crippen LogP contribution in [0.1, 0.15) is 17.6 Å². The summed E-state index contributed by atoms with van der Waals surface area (Å²) in [6, 6.07) is 1.97. The van der Waals surface area contributed by atoms with E-state index in [1.165, 1.54) is 0 Å². The van der Waals surface area contributed by atoms with Crippen LogP contribution in [0.5, 0.6) is 0 Å². The van der Waals surface area contributed by atoms with Crippen LogP contribution in [0.2, 0.25) is 0 Å². The van der Waals surface area contributed by atoms with E-state index in [9.17, 15) is 0 Å². The topological polar surface area (TPSA) is 35.0 Å². The first-order valence-electron chi connectivity index (χ1n) is 4.61. The van der Waals surface area contributed by atoms with Gasteiger partial charge in [0.1, 0.15) is 10.7 Å². The molecule has 0 aliphatic rings. The summed E-state index contributed by atoms with van der Waals surface area (Å²) in [6.45, 7) is 4.39. The maximum atomic E-state index is 5.28. The van der Waals surface area contributed by atoms with Crippen molar-refractivity contribution >= 4 is 38.8 Å². The lowest BCUT2D eigenvalue weighted by atomic mass is 10.4. The van der Waals surface area contributed by atoms with E-state index < -0.39 is 0 Å². The molecule has 0 aliphatic heterocycles. The number of rotatable bonds is 2. The molecule has 0 unspecified atom stereocenters. The first-order chi connectivity index (χ1) is 7.20. The SMILES string of the molecule is CCOC(=S)c1cc2cnc(C)nc2s1. The Morgan fingerprint density at radius 1 is 1.60 bits per heavy atom. The molecule has 78 valence electrons. The van der Waals surface area contributed by atoms with Gasteiger partial charge in [-0.05, 0) is 32.1 Å². The van der Waals surface area contributed by atoms with Gasteiger partial charge in [-0.1, -0.05) is 0 Å². The fourth-order valence-electron chi connectivity index (χ4n) is 1.22. The number of thiophene rings is 1. The average molecular weight is 238 g/mol. The zero-order valence-electron chi connectivity index (χ0n) is 8.48. The minimum absolute atomic E-state index is 0.540. The van der Waals surface area contributed by atoms with Crippen LogP contribution in [-0.4, -0.2) is 21.6 Å². The van der Waals surface area contributed by atoms with E-state index in [1.807, 2.05) is 26.1 Å². The number of hydrogen-bond acceptors (Lipinski definition) is 5. The zero-order chi connectivity index (χ0) is 10.8. The second-order valence-electron chi connectivity index (χ2n) is 3.01. The fourth-order valence-corrected chi connectivity index (χ4v) is 2.46. The van der Waals surface area contributed by atoms with Gasteiger partial charge in [-0.2, -0.15) is 0 Å². The maximum absolute atomic E-state index is 5.28. The highest BCUT2D eigenvalue weighted by molar-refractivity contribution is 7.80. The molecule has 0 atom stereocenters. The zero-order valence-corrected chi connectivity index (χ0v) is 10.1. The number of hydrogen-bond donors (Lipinski definition) is 0. The van der Waals surface area contributed by atoms with Crippen LogP contribution in [-0.2, 0) is 4.74 Å². The van der Waals surface area contributed by atoms with Crippen LogP contribution in [0.4, 0.5) is 0 Å². The monoisotopic (exact) mass is 238 g/mol. The molecular weight excluding hydrogens is 228 g/mol. The van der Waals surface area contributed by atoms with Gasteiger partial charge in [0.2, 0.25) is 5.05 Å². The van der Waals surface area contributed by atoms with Crippen LogP contribution in [0.15, 0.2) is 12.3 Å². The third-order valence-electron chi connectivity index (χ3n) is 1.87. The number of aryl methyl sites for hydroxylation is 1. The Kier molecular flexibility index (Phi) is 2.93. The first-order valence-corrected chi connectivity index (χ1v) is 5.83. The van der Waals surface area contributed by atoms with E-state index in [2.05, 4.69) is 9.97 Å². The van der Waals surface area contributed by atoms with Crippen molar-refractivity contribution in [2.45, 2.75) is 13.8 Å². The number of nitrogens with zero attached hydrogens (tertiary/aromatic N) is 2. The Balaban J connectivity index is 2.42. The minimum Gasteiger partial charge on any atom is -0.483 e. The summed E-state index contributed by atoms with van der Waals surface area (Å²) in [6.07, 6.45) is 1.81. The molecule has 5 heteroatoms. The second-order valence-corrected chi connectivity index (χ2v) is 4.41. The number of ether oxygens (including phenoxy) is 1. The molecule has 0 saturated heterocycles. The van der Waals surface area contributed by atoms with Gasteiger partial charge in [0.15, 0.2) is 0 Å². The Bertz CT molecular complexity index is 507. The lowest BCUT2D eigenvalue weighted by molar-refractivity contribution is 0.338. The smallest absolute Gasteiger partial charge is 0.201 e. The van der Waals surface area contributed by atoms with Crippen molar-refractivity contribution < 1.29 is 4.74 Å². The highest BCUT2D eigenvalue weighted by Gasteiger charge is 2.08. The van der Waals surface area contributed by atoms with Gasteiger partial charge in [-0.15, -0.1) is 11.3 Å². The number of fused-ring (bicyclic) bond motifs is 1. The van der Waals surface area contributed by atoms with E-state index in [1.54, 1.807) is 11.3 Å². The van der Waals surface area contributed by atoms with Crippen LogP contribution in [0.25, 0.3) is 10.2 Å². The lowest BCUT2D eigenvalue weighted by Crippen LogP contribution is -1.99. The van der Waals surface area contributed by atoms with Crippen molar-refractivity contribution in [1.29, 1.82) is 0 Å². The molecule has 0 amide bonds. The molecule has 0 spiro atoms. The van der Waals surface area contributed by atoms with Gasteiger partial charge in [-0.3, -0.25) is 0 Å². The van der Waals surface area contributed by atoms with Crippen molar-refractivity contribution in [2.24, 2.45) is 0 Å². The Hall–Kier alpha value is -1.07. The Morgan fingerprint density at radius 3 is 3.13 bits per heavy atom. The Labute approximate surface area is 97.1 Å². The minimum atomic E-state index is 0.540. The van der Waals surface area contributed by atoms with Gasteiger partial charge in [-0.25, -0.2) is 9.97 Å². The van der Waals surface area contributed by atoms with Crippen molar-refractivity contribution in [3.63, 3.8) is 0 Å². The summed E-state index contributed by atoms with van der Waals surface area (Å²) in [5.74, 6) is 0.776. The molecule has 0 radical (unpaired) electrons. The summed E-state index contributed by atoms with van der Waals surface area (Å²) in [5.41, 5.74) is 0. The molecule has 2 rings (SSSR count). The average Bonchev–Trinajstić information content (AvgIpc) is 2.60. The first kappa shape index (κ1) is 10.4. The molecule has 0 fully saturated rings. The van der Waals surface area contributed by atoms with Crippen LogP contribution < -0.4 is 0 Å². The fraction of sp³-hybridized carbons (Fsp3) is 0.300. The van der Waals surface area contributed by atoms with Crippen LogP contribution >= 0.6 is 23.6 Å². The van der Waals surface area contributed by atoms with Gasteiger partial charge < -0.3 is 4.74 Å². The van der Waals surface area contributed by atoms with E-state index >= 15 is 0 Å². The van der Waals surface area contributed by atoms with Crippen molar-refractivity contribution in [1.82, 2.24) is 9.97 Å². The van der Waals surface area contributed by atoms with Crippen LogP contribution in [0.3, 0.4) is 0 Å². The highest BCUT2D eigenvalue weighted by Crippen LogP contribution is 2.24. The van der Waals surface area contributed by atoms with Crippen molar-refractivity contribution in [3.05, 3.63) is 23.0 Å². The predicted molar refractivity (Wildman–Crippen MR) is 65.5 cm³/mol. The summed E-state index contributed by atoms with van der Waals surface area (Å²) in [7, 11) is 0. The molecule has 2 aromatic heterocycles. The predicted octanol–water partition coefficient (Wildman–Crippen LogP) is 2.71. The molecule has 0 aromatic carbocycles. The molecule has 15 heavy (non-hydrogen) atoms. The molecule has 2 heterocycles. The highest BCUT2D eigenvalue weighted by atomic mass is 32.1. The lowest BCUT2D eigenvalue weighted by Gasteiger charge is -1.99. The van der Waals surface area contributed by atoms with E-state index in [0.29, 0.717) is 11.7 Å². The molecule has 0 saturated carbocycles. The Morgan fingerprint density at radius 2 is 2.40 bits per heavy atom. The number of thiocarbonyl (C=S) groups is 1. The largest absolute Gasteiger partial charge is 0.483 e. The van der Waals surface area contributed by atoms with Gasteiger partial charge in [0, 0.05) is 11.6 Å². The maximum Gasteiger partial charge on any atom is 0.201 e. The molecule has 0 N–H and O–H groups in total. The molecule has 3 nitrogen and oxygen atoms in total. The molecule has 0 bridgehead atoms. The third kappa shape index (κ3) is 2.13. The van der Waals surface area contributed by atoms with Gasteiger partial charge in [0.25, 0.3) is 0 Å². The third-order valence-corrected chi connectivity index (χ3v) is 3.38. The van der Waals surface area contributed by atoms with E-state index in [0.717, 1.165) is 20.9 Å². The second kappa shape index (κ2) is 4.20. The summed E-state index contributed by atoms with van der Waals surface area (Å²) >= 11 is 6.68. The van der Waals surface area contributed by atoms with Crippen LogP contribution in [0, 0.1) is 6.92 Å². The van der Waals surface area contributed by atoms with E-state index in [4.69, 9.17) is 17.0 Å². The standard InChI is InChI=1S/C10H10N2OS2/c1-3-13-10(14)8-4-7-5-11-6(2)12-9(7)15-8/h4-5H,3H2,1-2H3. The normalized spacial score (nSPS) is 10.5. The summed E-state index contributed by atoms with van der Waals surface area (Å²) in [5, 5.41) is 1.56. The molecule has 0 aliphatic carbocycles. The van der Waals surface area contributed by atoms with Crippen molar-refractivity contribution in [2.75, 3.05) is 6.61 Å². The summed E-state index contributed by atoms with van der Waals surface area (Å²) < 4.78 is 5.28. The van der Waals surface area contributed by atoms with Crippen molar-refractivity contribution in [3.8, 4) is 0 Å². The molecule has 2 aromatic rings. The summed E-state index contributed by atoms with van der Waals surface area (Å²) in [4.78, 5) is 10.4. The molecular formula is C10H10N2OS2. The van der Waals surface area contributed by atoms with Gasteiger partial charge >= 0.3 is 0 Å². The number of aromatic nitrogens is 2. The van der Waals surface area contributed by atoms with E-state index in [-0.39, 0.29) is 0 Å². The van der Waals surface area contributed by atoms with Gasteiger partial charge in [0.05, 0.1) is 11.5 Å².